The predicted octanol–water partition coefficient (Wildman–Crippen LogP) is 2.68. The Morgan fingerprint density at radius 2 is 1.36 bits per heavy atom. The van der Waals surface area contributed by atoms with E-state index in [1.165, 1.54) is 0 Å². The molecule has 0 fully saturated rings. The third-order valence-corrected chi connectivity index (χ3v) is 1.77. The molecule has 1 aliphatic heterocycles. The van der Waals surface area contributed by atoms with Crippen molar-refractivity contribution in [2.24, 2.45) is 0 Å². The SMILES string of the molecule is CC.CC(C)(C)N1CC=CC1. The fraction of sp³-hybridized carbons (Fsp3) is 0.800. The monoisotopic (exact) mass is 155 g/mol. The highest BCUT2D eigenvalue weighted by Gasteiger charge is 2.20. The largest absolute Gasteiger partial charge is 0.291 e. The van der Waals surface area contributed by atoms with E-state index in [2.05, 4.69) is 37.8 Å². The minimum atomic E-state index is 0.351. The Morgan fingerprint density at radius 1 is 1.00 bits per heavy atom. The molecule has 0 N–H and O–H groups in total. The van der Waals surface area contributed by atoms with Gasteiger partial charge in [0, 0.05) is 18.6 Å². The maximum absolute atomic E-state index is 2.44. The molecule has 1 heteroatoms. The molecule has 11 heavy (non-hydrogen) atoms. The van der Waals surface area contributed by atoms with Gasteiger partial charge in [-0.25, -0.2) is 0 Å². The Hall–Kier alpha value is -0.300. The molecule has 0 unspecified atom stereocenters. The van der Waals surface area contributed by atoms with Gasteiger partial charge in [-0.15, -0.1) is 0 Å². The van der Waals surface area contributed by atoms with Gasteiger partial charge < -0.3 is 0 Å². The van der Waals surface area contributed by atoms with Crippen molar-refractivity contribution in [3.63, 3.8) is 0 Å². The van der Waals surface area contributed by atoms with E-state index >= 15 is 0 Å². The van der Waals surface area contributed by atoms with E-state index in [0.717, 1.165) is 13.1 Å². The van der Waals surface area contributed by atoms with Gasteiger partial charge in [0.2, 0.25) is 0 Å². The maximum atomic E-state index is 2.44. The first-order valence-corrected chi connectivity index (χ1v) is 4.51. The van der Waals surface area contributed by atoms with Gasteiger partial charge in [0.05, 0.1) is 0 Å². The molecule has 1 nitrogen and oxygen atoms in total. The average Bonchev–Trinajstić information content (AvgIpc) is 2.40. The lowest BCUT2D eigenvalue weighted by Crippen LogP contribution is -2.39. The van der Waals surface area contributed by atoms with Gasteiger partial charge in [-0.2, -0.15) is 0 Å². The van der Waals surface area contributed by atoms with E-state index in [4.69, 9.17) is 0 Å². The van der Waals surface area contributed by atoms with E-state index in [1.54, 1.807) is 0 Å². The summed E-state index contributed by atoms with van der Waals surface area (Å²) < 4.78 is 0. The van der Waals surface area contributed by atoms with Crippen LogP contribution in [0.25, 0.3) is 0 Å². The molecule has 1 aliphatic rings. The van der Waals surface area contributed by atoms with Gasteiger partial charge in [0.15, 0.2) is 0 Å². The zero-order valence-electron chi connectivity index (χ0n) is 8.52. The second kappa shape index (κ2) is 4.55. The first-order valence-electron chi connectivity index (χ1n) is 4.51. The van der Waals surface area contributed by atoms with Crippen LogP contribution in [0.1, 0.15) is 34.6 Å². The van der Waals surface area contributed by atoms with E-state index < -0.39 is 0 Å². The number of rotatable bonds is 0. The Kier molecular flexibility index (Phi) is 4.43. The van der Waals surface area contributed by atoms with Crippen LogP contribution in [0.5, 0.6) is 0 Å². The van der Waals surface area contributed by atoms with E-state index in [1.807, 2.05) is 13.8 Å². The summed E-state index contributed by atoms with van der Waals surface area (Å²) in [6, 6.07) is 0. The molecule has 0 spiro atoms. The topological polar surface area (TPSA) is 3.24 Å². The molecule has 66 valence electrons. The molecule has 1 rings (SSSR count). The fourth-order valence-corrected chi connectivity index (χ4v) is 1.03. The van der Waals surface area contributed by atoms with Crippen LogP contribution >= 0.6 is 0 Å². The van der Waals surface area contributed by atoms with E-state index in [0.29, 0.717) is 5.54 Å². The molecule has 0 radical (unpaired) electrons. The third-order valence-electron chi connectivity index (χ3n) is 1.77. The van der Waals surface area contributed by atoms with Crippen LogP contribution < -0.4 is 0 Å². The summed E-state index contributed by atoms with van der Waals surface area (Å²) in [7, 11) is 0. The lowest BCUT2D eigenvalue weighted by molar-refractivity contribution is 0.183. The normalized spacial score (nSPS) is 17.9. The molecule has 0 bridgehead atoms. The van der Waals surface area contributed by atoms with Crippen LogP contribution in [0.2, 0.25) is 0 Å². The smallest absolute Gasteiger partial charge is 0.0172 e. The number of hydrogen-bond donors (Lipinski definition) is 0. The van der Waals surface area contributed by atoms with Crippen LogP contribution in [-0.2, 0) is 0 Å². The number of hydrogen-bond acceptors (Lipinski definition) is 1. The van der Waals surface area contributed by atoms with Crippen LogP contribution in [-0.4, -0.2) is 23.5 Å². The molecule has 1 heterocycles. The second-order valence-corrected chi connectivity index (χ2v) is 3.55. The van der Waals surface area contributed by atoms with Gasteiger partial charge in [0.25, 0.3) is 0 Å². The summed E-state index contributed by atoms with van der Waals surface area (Å²) >= 11 is 0. The second-order valence-electron chi connectivity index (χ2n) is 3.55. The quantitative estimate of drug-likeness (QED) is 0.486. The Labute approximate surface area is 71.1 Å². The van der Waals surface area contributed by atoms with E-state index in [9.17, 15) is 0 Å². The highest BCUT2D eigenvalue weighted by molar-refractivity contribution is 4.99. The van der Waals surface area contributed by atoms with Gasteiger partial charge in [0.1, 0.15) is 0 Å². The van der Waals surface area contributed by atoms with Crippen LogP contribution in [0.4, 0.5) is 0 Å². The minimum Gasteiger partial charge on any atom is -0.291 e. The van der Waals surface area contributed by atoms with Crippen molar-refractivity contribution in [3.05, 3.63) is 12.2 Å². The summed E-state index contributed by atoms with van der Waals surface area (Å²) in [5, 5.41) is 0. The molecule has 0 aromatic rings. The molecular weight excluding hydrogens is 134 g/mol. The van der Waals surface area contributed by atoms with Gasteiger partial charge in [-0.05, 0) is 20.8 Å². The molecular formula is C10H21N. The van der Waals surface area contributed by atoms with Gasteiger partial charge >= 0.3 is 0 Å². The number of nitrogens with zero attached hydrogens (tertiary/aromatic N) is 1. The van der Waals surface area contributed by atoms with E-state index in [-0.39, 0.29) is 0 Å². The molecule has 0 saturated carbocycles. The van der Waals surface area contributed by atoms with Crippen LogP contribution in [0, 0.1) is 0 Å². The van der Waals surface area contributed by atoms with Crippen molar-refractivity contribution < 1.29 is 0 Å². The van der Waals surface area contributed by atoms with Crippen LogP contribution in [0.3, 0.4) is 0 Å². The Bertz CT molecular complexity index is 111. The zero-order valence-corrected chi connectivity index (χ0v) is 8.52. The minimum absolute atomic E-state index is 0.351. The van der Waals surface area contributed by atoms with Crippen molar-refractivity contribution in [1.82, 2.24) is 4.90 Å². The summed E-state index contributed by atoms with van der Waals surface area (Å²) in [6.45, 7) is 13.0. The summed E-state index contributed by atoms with van der Waals surface area (Å²) in [5.74, 6) is 0. The molecule has 0 atom stereocenters. The summed E-state index contributed by atoms with van der Waals surface area (Å²) in [6.07, 6.45) is 4.45. The highest BCUT2D eigenvalue weighted by atomic mass is 15.2. The zero-order chi connectivity index (χ0) is 8.91. The van der Waals surface area contributed by atoms with Crippen molar-refractivity contribution >= 4 is 0 Å². The summed E-state index contributed by atoms with van der Waals surface area (Å²) in [4.78, 5) is 2.44. The fourth-order valence-electron chi connectivity index (χ4n) is 1.03. The first-order chi connectivity index (χ1) is 5.11. The maximum Gasteiger partial charge on any atom is 0.0172 e. The first kappa shape index (κ1) is 10.7. The van der Waals surface area contributed by atoms with Crippen molar-refractivity contribution in [2.75, 3.05) is 13.1 Å². The molecule has 0 aromatic heterocycles. The van der Waals surface area contributed by atoms with Crippen LogP contribution in [0.15, 0.2) is 12.2 Å². The molecule has 0 saturated heterocycles. The molecule has 0 aliphatic carbocycles. The molecule has 0 amide bonds. The standard InChI is InChI=1S/C8H15N.C2H6/c1-8(2,3)9-6-4-5-7-9;1-2/h4-5H,6-7H2,1-3H3;1-2H3. The van der Waals surface area contributed by atoms with Crippen molar-refractivity contribution in [1.29, 1.82) is 0 Å². The third kappa shape index (κ3) is 3.57. The Morgan fingerprint density at radius 3 is 1.55 bits per heavy atom. The predicted molar refractivity (Wildman–Crippen MR) is 51.8 cm³/mol. The Balaban J connectivity index is 0.000000461. The average molecular weight is 155 g/mol. The molecule has 0 aromatic carbocycles. The van der Waals surface area contributed by atoms with Gasteiger partial charge in [-0.3, -0.25) is 4.90 Å². The van der Waals surface area contributed by atoms with Crippen molar-refractivity contribution in [2.45, 2.75) is 40.2 Å². The summed E-state index contributed by atoms with van der Waals surface area (Å²) in [5.41, 5.74) is 0.351. The van der Waals surface area contributed by atoms with Gasteiger partial charge in [-0.1, -0.05) is 26.0 Å². The lowest BCUT2D eigenvalue weighted by atomic mass is 10.1. The highest BCUT2D eigenvalue weighted by Crippen LogP contribution is 2.15. The van der Waals surface area contributed by atoms with Crippen molar-refractivity contribution in [3.8, 4) is 0 Å². The lowest BCUT2D eigenvalue weighted by Gasteiger charge is -2.31.